The van der Waals surface area contributed by atoms with Crippen molar-refractivity contribution < 1.29 is 19.6 Å². The Morgan fingerprint density at radius 3 is 2.83 bits per heavy atom. The molecule has 1 atom stereocenters. The number of phenolic OH excluding ortho intramolecular Hbond substituents is 1. The van der Waals surface area contributed by atoms with E-state index in [1.807, 2.05) is 0 Å². The molecule has 0 aromatic heterocycles. The number of hydrogen-bond donors (Lipinski definition) is 2. The van der Waals surface area contributed by atoms with Gasteiger partial charge in [-0.25, -0.2) is 0 Å². The van der Waals surface area contributed by atoms with Crippen molar-refractivity contribution in [2.24, 2.45) is 5.73 Å². The number of rotatable bonds is 5. The fourth-order valence-electron chi connectivity index (χ4n) is 1.46. The molecule has 0 bridgehead atoms. The van der Waals surface area contributed by atoms with Gasteiger partial charge in [0.25, 0.3) is 5.69 Å². The highest BCUT2D eigenvalue weighted by molar-refractivity contribution is 5.70. The predicted molar refractivity (Wildman–Crippen MR) is 62.9 cm³/mol. The number of nitro groups is 1. The minimum absolute atomic E-state index is 0.150. The summed E-state index contributed by atoms with van der Waals surface area (Å²) in [7, 11) is 0. The van der Waals surface area contributed by atoms with E-state index in [2.05, 4.69) is 0 Å². The van der Waals surface area contributed by atoms with Crippen LogP contribution in [0.5, 0.6) is 5.75 Å². The molecule has 1 rings (SSSR count). The van der Waals surface area contributed by atoms with Crippen LogP contribution in [0.4, 0.5) is 5.69 Å². The Kier molecular flexibility index (Phi) is 4.61. The summed E-state index contributed by atoms with van der Waals surface area (Å²) >= 11 is 0. The molecule has 0 aliphatic carbocycles. The van der Waals surface area contributed by atoms with Crippen LogP contribution < -0.4 is 5.73 Å². The van der Waals surface area contributed by atoms with E-state index in [1.54, 1.807) is 6.92 Å². The third-order valence-corrected chi connectivity index (χ3v) is 2.31. The van der Waals surface area contributed by atoms with E-state index in [0.29, 0.717) is 0 Å². The topological polar surface area (TPSA) is 116 Å². The summed E-state index contributed by atoms with van der Waals surface area (Å²) in [5.41, 5.74) is 5.67. The number of hydrogen-bond acceptors (Lipinski definition) is 6. The van der Waals surface area contributed by atoms with E-state index in [9.17, 15) is 20.0 Å². The van der Waals surface area contributed by atoms with Crippen molar-refractivity contribution >= 4 is 11.7 Å². The van der Waals surface area contributed by atoms with Gasteiger partial charge >= 0.3 is 5.97 Å². The Hall–Kier alpha value is -2.15. The first-order chi connectivity index (χ1) is 8.45. The minimum atomic E-state index is -0.844. The molecule has 98 valence electrons. The zero-order valence-corrected chi connectivity index (χ0v) is 9.83. The largest absolute Gasteiger partial charge is 0.508 e. The Labute approximate surface area is 103 Å². The van der Waals surface area contributed by atoms with Crippen LogP contribution in [-0.4, -0.2) is 22.6 Å². The van der Waals surface area contributed by atoms with Crippen LogP contribution in [0.15, 0.2) is 18.2 Å². The molecule has 7 nitrogen and oxygen atoms in total. The van der Waals surface area contributed by atoms with Crippen LogP contribution in [0, 0.1) is 10.1 Å². The molecule has 0 amide bonds. The van der Waals surface area contributed by atoms with Crippen LogP contribution in [-0.2, 0) is 9.53 Å². The Bertz CT molecular complexity index is 461. The predicted octanol–water partition coefficient (Wildman–Crippen LogP) is 1.25. The second kappa shape index (κ2) is 5.97. The summed E-state index contributed by atoms with van der Waals surface area (Å²) in [6.45, 7) is 1.89. The zero-order chi connectivity index (χ0) is 13.7. The number of non-ortho nitro benzene ring substituents is 1. The van der Waals surface area contributed by atoms with Crippen molar-refractivity contribution in [3.8, 4) is 5.75 Å². The van der Waals surface area contributed by atoms with Crippen molar-refractivity contribution in [3.63, 3.8) is 0 Å². The fourth-order valence-corrected chi connectivity index (χ4v) is 1.46. The van der Waals surface area contributed by atoms with Crippen molar-refractivity contribution in [1.82, 2.24) is 0 Å². The number of carbonyl (C=O) groups is 1. The van der Waals surface area contributed by atoms with E-state index in [4.69, 9.17) is 10.5 Å². The van der Waals surface area contributed by atoms with Crippen LogP contribution in [0.2, 0.25) is 0 Å². The molecule has 1 unspecified atom stereocenters. The van der Waals surface area contributed by atoms with Gasteiger partial charge in [-0.1, -0.05) is 0 Å². The molecule has 1 aromatic carbocycles. The van der Waals surface area contributed by atoms with E-state index < -0.39 is 16.9 Å². The average Bonchev–Trinajstić information content (AvgIpc) is 2.29. The van der Waals surface area contributed by atoms with Crippen molar-refractivity contribution in [2.45, 2.75) is 19.4 Å². The molecule has 7 heteroatoms. The molecule has 0 spiro atoms. The van der Waals surface area contributed by atoms with E-state index in [1.165, 1.54) is 6.07 Å². The Morgan fingerprint density at radius 1 is 1.61 bits per heavy atom. The minimum Gasteiger partial charge on any atom is -0.508 e. The van der Waals surface area contributed by atoms with Gasteiger partial charge in [0.15, 0.2) is 0 Å². The highest BCUT2D eigenvalue weighted by atomic mass is 16.6. The number of nitrogens with two attached hydrogens (primary N) is 1. The molecule has 3 N–H and O–H groups in total. The van der Waals surface area contributed by atoms with Crippen LogP contribution in [0.3, 0.4) is 0 Å². The van der Waals surface area contributed by atoms with E-state index in [0.717, 1.165) is 12.1 Å². The molecule has 0 heterocycles. The molecular formula is C11H14N2O5. The third-order valence-electron chi connectivity index (χ3n) is 2.31. The van der Waals surface area contributed by atoms with Crippen LogP contribution >= 0.6 is 0 Å². The van der Waals surface area contributed by atoms with Gasteiger partial charge in [-0.3, -0.25) is 14.9 Å². The summed E-state index contributed by atoms with van der Waals surface area (Å²) in [6, 6.07) is 2.65. The summed E-state index contributed by atoms with van der Waals surface area (Å²) in [5, 5.41) is 20.2. The maximum Gasteiger partial charge on any atom is 0.307 e. The van der Waals surface area contributed by atoms with Crippen molar-refractivity contribution in [1.29, 1.82) is 0 Å². The number of nitro benzene ring substituents is 1. The molecular weight excluding hydrogens is 240 g/mol. The first-order valence-corrected chi connectivity index (χ1v) is 5.34. The summed E-state index contributed by atoms with van der Waals surface area (Å²) in [4.78, 5) is 21.2. The normalized spacial score (nSPS) is 11.9. The van der Waals surface area contributed by atoms with Gasteiger partial charge in [0.2, 0.25) is 0 Å². The maximum atomic E-state index is 11.2. The molecule has 0 saturated carbocycles. The second-order valence-corrected chi connectivity index (χ2v) is 3.62. The monoisotopic (exact) mass is 254 g/mol. The third kappa shape index (κ3) is 3.42. The summed E-state index contributed by atoms with van der Waals surface area (Å²) in [6.07, 6.45) is -0.150. The molecule has 0 radical (unpaired) electrons. The molecule has 18 heavy (non-hydrogen) atoms. The SMILES string of the molecule is CCOC(=O)CC(N)c1cc([N+](=O)[O-])ccc1O. The number of benzene rings is 1. The number of esters is 1. The molecule has 0 saturated heterocycles. The molecule has 0 aliphatic rings. The van der Waals surface area contributed by atoms with Crippen LogP contribution in [0.1, 0.15) is 24.9 Å². The zero-order valence-electron chi connectivity index (χ0n) is 9.83. The number of phenols is 1. The number of ether oxygens (including phenoxy) is 1. The van der Waals surface area contributed by atoms with Gasteiger partial charge in [0.1, 0.15) is 5.75 Å². The lowest BCUT2D eigenvalue weighted by Crippen LogP contribution is -2.17. The van der Waals surface area contributed by atoms with Gasteiger partial charge in [-0.15, -0.1) is 0 Å². The highest BCUT2D eigenvalue weighted by Crippen LogP contribution is 2.28. The smallest absolute Gasteiger partial charge is 0.307 e. The first kappa shape index (κ1) is 13.9. The lowest BCUT2D eigenvalue weighted by atomic mass is 10.0. The first-order valence-electron chi connectivity index (χ1n) is 5.34. The number of carbonyl (C=O) groups excluding carboxylic acids is 1. The Morgan fingerprint density at radius 2 is 2.28 bits per heavy atom. The fraction of sp³-hybridized carbons (Fsp3) is 0.364. The van der Waals surface area contributed by atoms with Crippen LogP contribution in [0.25, 0.3) is 0 Å². The number of nitrogens with zero attached hydrogens (tertiary/aromatic N) is 1. The standard InChI is InChI=1S/C11H14N2O5/c1-2-18-11(15)6-9(12)8-5-7(13(16)17)3-4-10(8)14/h3-5,9,14H,2,6,12H2,1H3. The van der Waals surface area contributed by atoms with Gasteiger partial charge in [0, 0.05) is 23.7 Å². The maximum absolute atomic E-state index is 11.2. The number of aromatic hydroxyl groups is 1. The van der Waals surface area contributed by atoms with E-state index >= 15 is 0 Å². The van der Waals surface area contributed by atoms with Gasteiger partial charge < -0.3 is 15.6 Å². The molecule has 0 fully saturated rings. The lowest BCUT2D eigenvalue weighted by Gasteiger charge is -2.12. The summed E-state index contributed by atoms with van der Waals surface area (Å²) in [5.74, 6) is -0.701. The van der Waals surface area contributed by atoms with Gasteiger partial charge in [0.05, 0.1) is 18.0 Å². The average molecular weight is 254 g/mol. The molecule has 0 aliphatic heterocycles. The molecule has 1 aromatic rings. The summed E-state index contributed by atoms with van der Waals surface area (Å²) < 4.78 is 4.72. The highest BCUT2D eigenvalue weighted by Gasteiger charge is 2.19. The lowest BCUT2D eigenvalue weighted by molar-refractivity contribution is -0.385. The van der Waals surface area contributed by atoms with Gasteiger partial charge in [-0.05, 0) is 13.0 Å². The second-order valence-electron chi connectivity index (χ2n) is 3.62. The van der Waals surface area contributed by atoms with Crippen molar-refractivity contribution in [2.75, 3.05) is 6.61 Å². The Balaban J connectivity index is 2.90. The van der Waals surface area contributed by atoms with Gasteiger partial charge in [-0.2, -0.15) is 0 Å². The quantitative estimate of drug-likeness (QED) is 0.464. The van der Waals surface area contributed by atoms with Crippen molar-refractivity contribution in [3.05, 3.63) is 33.9 Å². The van der Waals surface area contributed by atoms with E-state index in [-0.39, 0.29) is 30.0 Å².